The monoisotopic (exact) mass is 398 g/mol. The van der Waals surface area contributed by atoms with E-state index < -0.39 is 6.04 Å². The number of nitrogens with one attached hydrogen (secondary N) is 1. The molecule has 0 saturated carbocycles. The molecule has 1 aromatic heterocycles. The Labute approximate surface area is 177 Å². The largest absolute Gasteiger partial charge is 0.468 e. The van der Waals surface area contributed by atoms with E-state index in [-0.39, 0.29) is 12.0 Å². The molecule has 0 aliphatic carbocycles. The number of ether oxygens (including phenoxy) is 1. The zero-order chi connectivity index (χ0) is 20.9. The lowest BCUT2D eigenvalue weighted by Gasteiger charge is -2.25. The molecule has 0 unspecified atom stereocenters. The van der Waals surface area contributed by atoms with E-state index in [1.54, 1.807) is 0 Å². The molecule has 4 aromatic rings. The second-order valence-corrected chi connectivity index (χ2v) is 7.48. The molecule has 4 heteroatoms. The van der Waals surface area contributed by atoms with Gasteiger partial charge < -0.3 is 9.30 Å². The Balaban J connectivity index is 1.69. The van der Waals surface area contributed by atoms with Gasteiger partial charge in [-0.05, 0) is 22.8 Å². The number of rotatable bonds is 7. The SMILES string of the molecule is COC(=O)[C@@H](Cc1cn(C)c2ccccc12)NC(c1ccccc1)c1ccccc1. The van der Waals surface area contributed by atoms with Gasteiger partial charge in [0.05, 0.1) is 13.2 Å². The molecule has 0 aliphatic heterocycles. The van der Waals surface area contributed by atoms with Crippen LogP contribution in [0.3, 0.4) is 0 Å². The van der Waals surface area contributed by atoms with Gasteiger partial charge in [-0.1, -0.05) is 78.9 Å². The van der Waals surface area contributed by atoms with Gasteiger partial charge >= 0.3 is 5.97 Å². The van der Waals surface area contributed by atoms with Crippen LogP contribution in [0.1, 0.15) is 22.7 Å². The summed E-state index contributed by atoms with van der Waals surface area (Å²) < 4.78 is 7.27. The molecule has 0 bridgehead atoms. The number of para-hydroxylation sites is 1. The van der Waals surface area contributed by atoms with Crippen molar-refractivity contribution in [2.24, 2.45) is 7.05 Å². The van der Waals surface area contributed by atoms with Gasteiger partial charge in [-0.3, -0.25) is 10.1 Å². The van der Waals surface area contributed by atoms with Crippen LogP contribution in [0.4, 0.5) is 0 Å². The fourth-order valence-corrected chi connectivity index (χ4v) is 4.04. The molecular formula is C26H26N2O2. The summed E-state index contributed by atoms with van der Waals surface area (Å²) in [5.41, 5.74) is 4.49. The molecule has 30 heavy (non-hydrogen) atoms. The number of methoxy groups -OCH3 is 1. The van der Waals surface area contributed by atoms with Gasteiger partial charge in [-0.25, -0.2) is 0 Å². The molecule has 152 valence electrons. The maximum Gasteiger partial charge on any atom is 0.323 e. The molecule has 1 N–H and O–H groups in total. The van der Waals surface area contributed by atoms with Gasteiger partial charge in [-0.15, -0.1) is 0 Å². The van der Waals surface area contributed by atoms with E-state index in [4.69, 9.17) is 4.74 Å². The van der Waals surface area contributed by atoms with Gasteiger partial charge in [0.2, 0.25) is 0 Å². The van der Waals surface area contributed by atoms with Crippen LogP contribution in [-0.2, 0) is 23.0 Å². The van der Waals surface area contributed by atoms with Crippen molar-refractivity contribution < 1.29 is 9.53 Å². The van der Waals surface area contributed by atoms with Gasteiger partial charge in [-0.2, -0.15) is 0 Å². The Morgan fingerprint density at radius 1 is 0.900 bits per heavy atom. The standard InChI is InChI=1S/C26H26N2O2/c1-28-18-21(22-15-9-10-16-24(22)28)17-23(26(29)30-2)27-25(19-11-5-3-6-12-19)20-13-7-4-8-14-20/h3-16,18,23,25,27H,17H2,1-2H3/t23-/m1/s1. The number of aryl methyl sites for hydroxylation is 1. The molecular weight excluding hydrogens is 372 g/mol. The van der Waals surface area contributed by atoms with Gasteiger partial charge in [0.1, 0.15) is 6.04 Å². The molecule has 3 aromatic carbocycles. The zero-order valence-corrected chi connectivity index (χ0v) is 17.3. The number of aromatic nitrogens is 1. The molecule has 0 aliphatic rings. The predicted octanol–water partition coefficient (Wildman–Crippen LogP) is 4.64. The van der Waals surface area contributed by atoms with Crippen LogP contribution >= 0.6 is 0 Å². The first-order valence-corrected chi connectivity index (χ1v) is 10.1. The average molecular weight is 399 g/mol. The number of hydrogen-bond acceptors (Lipinski definition) is 3. The maximum absolute atomic E-state index is 12.8. The van der Waals surface area contributed by atoms with Crippen molar-refractivity contribution in [2.75, 3.05) is 7.11 Å². The topological polar surface area (TPSA) is 43.3 Å². The third kappa shape index (κ3) is 4.14. The lowest BCUT2D eigenvalue weighted by molar-refractivity contribution is -0.143. The average Bonchev–Trinajstić information content (AvgIpc) is 3.12. The van der Waals surface area contributed by atoms with Crippen LogP contribution in [0.25, 0.3) is 10.9 Å². The first kappa shape index (κ1) is 19.9. The summed E-state index contributed by atoms with van der Waals surface area (Å²) in [5, 5.41) is 4.73. The molecule has 0 amide bonds. The lowest BCUT2D eigenvalue weighted by atomic mass is 9.96. The summed E-state index contributed by atoms with van der Waals surface area (Å²) in [7, 11) is 3.48. The smallest absolute Gasteiger partial charge is 0.323 e. The van der Waals surface area contributed by atoms with Crippen LogP contribution < -0.4 is 5.32 Å². The zero-order valence-electron chi connectivity index (χ0n) is 17.3. The van der Waals surface area contributed by atoms with E-state index in [9.17, 15) is 4.79 Å². The van der Waals surface area contributed by atoms with Crippen LogP contribution in [0, 0.1) is 0 Å². The summed E-state index contributed by atoms with van der Waals surface area (Å²) in [4.78, 5) is 12.8. The minimum absolute atomic E-state index is 0.119. The fourth-order valence-electron chi connectivity index (χ4n) is 4.04. The molecule has 1 atom stereocenters. The number of nitrogens with zero attached hydrogens (tertiary/aromatic N) is 1. The number of esters is 1. The molecule has 0 saturated heterocycles. The summed E-state index contributed by atoms with van der Waals surface area (Å²) in [6, 6.07) is 28.1. The fraction of sp³-hybridized carbons (Fsp3) is 0.192. The van der Waals surface area contributed by atoms with E-state index >= 15 is 0 Å². The lowest BCUT2D eigenvalue weighted by Crippen LogP contribution is -2.42. The van der Waals surface area contributed by atoms with Gasteiger partial charge in [0, 0.05) is 30.6 Å². The third-order valence-corrected chi connectivity index (χ3v) is 5.52. The minimum atomic E-state index is -0.480. The van der Waals surface area contributed by atoms with E-state index in [1.807, 2.05) is 55.6 Å². The van der Waals surface area contributed by atoms with Crippen molar-refractivity contribution in [2.45, 2.75) is 18.5 Å². The number of carbonyl (C=O) groups excluding carboxylic acids is 1. The van der Waals surface area contributed by atoms with E-state index in [2.05, 4.69) is 52.5 Å². The highest BCUT2D eigenvalue weighted by Gasteiger charge is 2.26. The Kier molecular flexibility index (Phi) is 5.96. The second-order valence-electron chi connectivity index (χ2n) is 7.48. The van der Waals surface area contributed by atoms with Crippen molar-refractivity contribution >= 4 is 16.9 Å². The van der Waals surface area contributed by atoms with Crippen molar-refractivity contribution in [3.05, 3.63) is 108 Å². The van der Waals surface area contributed by atoms with Crippen LogP contribution in [-0.4, -0.2) is 23.7 Å². The molecule has 4 nitrogen and oxygen atoms in total. The summed E-state index contributed by atoms with van der Waals surface area (Å²) in [6.45, 7) is 0. The summed E-state index contributed by atoms with van der Waals surface area (Å²) in [6.07, 6.45) is 2.65. The first-order valence-electron chi connectivity index (χ1n) is 10.1. The van der Waals surface area contributed by atoms with E-state index in [0.717, 1.165) is 27.6 Å². The van der Waals surface area contributed by atoms with E-state index in [0.29, 0.717) is 6.42 Å². The molecule has 0 radical (unpaired) electrons. The van der Waals surface area contributed by atoms with Crippen LogP contribution in [0.15, 0.2) is 91.1 Å². The maximum atomic E-state index is 12.8. The highest BCUT2D eigenvalue weighted by atomic mass is 16.5. The third-order valence-electron chi connectivity index (χ3n) is 5.52. The van der Waals surface area contributed by atoms with Gasteiger partial charge in [0.25, 0.3) is 0 Å². The number of benzene rings is 3. The van der Waals surface area contributed by atoms with Crippen LogP contribution in [0.5, 0.6) is 0 Å². The predicted molar refractivity (Wildman–Crippen MR) is 120 cm³/mol. The van der Waals surface area contributed by atoms with Gasteiger partial charge in [0.15, 0.2) is 0 Å². The van der Waals surface area contributed by atoms with Crippen LogP contribution in [0.2, 0.25) is 0 Å². The molecule has 1 heterocycles. The Bertz CT molecular complexity index is 1080. The normalized spacial score (nSPS) is 12.2. The summed E-state index contributed by atoms with van der Waals surface area (Å²) >= 11 is 0. The Hall–Kier alpha value is -3.37. The van der Waals surface area contributed by atoms with Crippen molar-refractivity contribution in [3.63, 3.8) is 0 Å². The van der Waals surface area contributed by atoms with E-state index in [1.165, 1.54) is 7.11 Å². The number of fused-ring (bicyclic) bond motifs is 1. The molecule has 0 fully saturated rings. The minimum Gasteiger partial charge on any atom is -0.468 e. The summed E-state index contributed by atoms with van der Waals surface area (Å²) in [5.74, 6) is -0.264. The highest BCUT2D eigenvalue weighted by molar-refractivity contribution is 5.85. The first-order chi connectivity index (χ1) is 14.7. The second kappa shape index (κ2) is 8.97. The highest BCUT2D eigenvalue weighted by Crippen LogP contribution is 2.25. The molecule has 4 rings (SSSR count). The van der Waals surface area contributed by atoms with Crippen molar-refractivity contribution in [1.29, 1.82) is 0 Å². The Morgan fingerprint density at radius 3 is 2.07 bits per heavy atom. The van der Waals surface area contributed by atoms with Crippen molar-refractivity contribution in [1.82, 2.24) is 9.88 Å². The quantitative estimate of drug-likeness (QED) is 0.461. The number of carbonyl (C=O) groups is 1. The molecule has 0 spiro atoms. The van der Waals surface area contributed by atoms with Crippen molar-refractivity contribution in [3.8, 4) is 0 Å². The number of hydrogen-bond donors (Lipinski definition) is 1. The Morgan fingerprint density at radius 2 is 1.47 bits per heavy atom.